The van der Waals surface area contributed by atoms with Crippen LogP contribution in [0, 0.1) is 0 Å². The summed E-state index contributed by atoms with van der Waals surface area (Å²) in [6.45, 7) is 0. The molecule has 2 aliphatic heterocycles. The fourth-order valence-electron chi connectivity index (χ4n) is 4.48. The molecule has 2 heterocycles. The maximum Gasteiger partial charge on any atom is 0.261 e. The Bertz CT molecular complexity index is 916. The first kappa shape index (κ1) is 15.9. The molecule has 4 rings (SSSR count). The Labute approximate surface area is 145 Å². The van der Waals surface area contributed by atoms with Crippen molar-refractivity contribution in [2.75, 3.05) is 21.3 Å². The molecule has 1 saturated heterocycles. The number of aliphatic hydroxyl groups is 1. The number of hydrogen-bond acceptors (Lipinski definition) is 6. The van der Waals surface area contributed by atoms with Gasteiger partial charge >= 0.3 is 0 Å². The molecule has 130 valence electrons. The molecule has 0 amide bonds. The van der Waals surface area contributed by atoms with Gasteiger partial charge in [0.2, 0.25) is 5.43 Å². The highest BCUT2D eigenvalue weighted by Gasteiger charge is 2.55. The lowest BCUT2D eigenvalue weighted by atomic mass is 9.75. The first-order valence-electron chi connectivity index (χ1n) is 8.15. The largest absolute Gasteiger partial charge is 0.504 e. The van der Waals surface area contributed by atoms with E-state index in [1.807, 2.05) is 13.1 Å². The van der Waals surface area contributed by atoms with Crippen molar-refractivity contribution in [3.05, 3.63) is 57.1 Å². The summed E-state index contributed by atoms with van der Waals surface area (Å²) in [4.78, 5) is 27.0. The molecule has 0 radical (unpaired) electrons. The number of carbonyl (C=O) groups is 1. The van der Waals surface area contributed by atoms with Crippen LogP contribution in [0.4, 0.5) is 0 Å². The Morgan fingerprint density at radius 1 is 1.24 bits per heavy atom. The van der Waals surface area contributed by atoms with Crippen molar-refractivity contribution >= 4 is 11.4 Å². The van der Waals surface area contributed by atoms with E-state index in [1.165, 1.54) is 14.2 Å². The van der Waals surface area contributed by atoms with Crippen LogP contribution in [0.5, 0.6) is 5.75 Å². The fraction of sp³-hybridized carbons (Fsp3) is 0.368. The molecule has 1 aromatic rings. The molecule has 6 nitrogen and oxygen atoms in total. The Morgan fingerprint density at radius 2 is 2.00 bits per heavy atom. The number of ketones is 1. The van der Waals surface area contributed by atoms with Crippen LogP contribution >= 0.6 is 0 Å². The molecule has 0 aromatic heterocycles. The SMILES string of the molecule is COC1=C2c3ccc(OC)c(=O)cc3[C@H]3CC[C@]2(C=C(O)C1=O)N3C. The van der Waals surface area contributed by atoms with E-state index in [2.05, 4.69) is 4.90 Å². The summed E-state index contributed by atoms with van der Waals surface area (Å²) in [5.41, 5.74) is 1.57. The highest BCUT2D eigenvalue weighted by atomic mass is 16.5. The molecule has 25 heavy (non-hydrogen) atoms. The number of aliphatic hydroxyl groups excluding tert-OH is 1. The molecule has 3 aliphatic rings. The van der Waals surface area contributed by atoms with Crippen molar-refractivity contribution in [1.29, 1.82) is 0 Å². The molecule has 1 aromatic carbocycles. The summed E-state index contributed by atoms with van der Waals surface area (Å²) in [5, 5.41) is 10.2. The van der Waals surface area contributed by atoms with Crippen molar-refractivity contribution in [2.24, 2.45) is 0 Å². The Kier molecular flexibility index (Phi) is 3.30. The Balaban J connectivity index is 2.12. The molecule has 0 unspecified atom stereocenters. The predicted octanol–water partition coefficient (Wildman–Crippen LogP) is 1.96. The molecular formula is C19H19NO5. The molecule has 6 heteroatoms. The van der Waals surface area contributed by atoms with Gasteiger partial charge in [-0.05, 0) is 49.2 Å². The van der Waals surface area contributed by atoms with Gasteiger partial charge in [0.15, 0.2) is 17.3 Å². The Hall–Kier alpha value is -2.60. The molecule has 2 bridgehead atoms. The number of likely N-dealkylation sites (N-methyl/N-ethyl adjacent to an activating group) is 1. The number of rotatable bonds is 2. The van der Waals surface area contributed by atoms with Crippen LogP contribution in [0.15, 0.2) is 40.6 Å². The zero-order chi connectivity index (χ0) is 17.9. The van der Waals surface area contributed by atoms with Crippen molar-refractivity contribution in [1.82, 2.24) is 4.90 Å². The van der Waals surface area contributed by atoms with E-state index in [1.54, 1.807) is 18.2 Å². The predicted molar refractivity (Wildman–Crippen MR) is 91.4 cm³/mol. The van der Waals surface area contributed by atoms with Gasteiger partial charge in [0, 0.05) is 11.6 Å². The van der Waals surface area contributed by atoms with Crippen LogP contribution in [-0.4, -0.2) is 42.6 Å². The average Bonchev–Trinajstić information content (AvgIpc) is 2.73. The molecular weight excluding hydrogens is 322 g/mol. The van der Waals surface area contributed by atoms with Gasteiger partial charge in [0.05, 0.1) is 19.8 Å². The first-order chi connectivity index (χ1) is 11.9. The Morgan fingerprint density at radius 3 is 2.68 bits per heavy atom. The van der Waals surface area contributed by atoms with E-state index in [0.29, 0.717) is 5.57 Å². The second kappa shape index (κ2) is 5.20. The molecule has 1 aliphatic carbocycles. The third kappa shape index (κ3) is 1.88. The van der Waals surface area contributed by atoms with Crippen molar-refractivity contribution in [2.45, 2.75) is 24.4 Å². The average molecular weight is 341 g/mol. The highest BCUT2D eigenvalue weighted by molar-refractivity contribution is 6.14. The van der Waals surface area contributed by atoms with E-state index in [-0.39, 0.29) is 28.7 Å². The van der Waals surface area contributed by atoms with Gasteiger partial charge in [0.25, 0.3) is 5.78 Å². The highest BCUT2D eigenvalue weighted by Crippen LogP contribution is 2.57. The zero-order valence-corrected chi connectivity index (χ0v) is 14.3. The minimum Gasteiger partial charge on any atom is -0.504 e. The number of carbonyl (C=O) groups excluding carboxylic acids is 1. The van der Waals surface area contributed by atoms with Crippen LogP contribution in [0.25, 0.3) is 5.57 Å². The van der Waals surface area contributed by atoms with E-state index in [9.17, 15) is 14.7 Å². The van der Waals surface area contributed by atoms with E-state index in [0.717, 1.165) is 24.0 Å². The quantitative estimate of drug-likeness (QED) is 0.886. The maximum absolute atomic E-state index is 12.5. The second-order valence-electron chi connectivity index (χ2n) is 6.64. The topological polar surface area (TPSA) is 76.1 Å². The summed E-state index contributed by atoms with van der Waals surface area (Å²) in [6, 6.07) is 5.06. The minimum atomic E-state index is -0.606. The normalized spacial score (nSPS) is 27.6. The molecule has 0 saturated carbocycles. The standard InChI is InChI=1S/C19H19NO5/c1-20-12-6-7-19(20)9-14(22)17(23)18(25-3)16(19)10-4-5-15(24-2)13(21)8-11(10)12/h4-5,8-9,12,22H,6-7H2,1-3H3/t12-,19-/m1/s1. The lowest BCUT2D eigenvalue weighted by Crippen LogP contribution is -2.48. The molecule has 1 N–H and O–H groups in total. The zero-order valence-electron chi connectivity index (χ0n) is 14.3. The van der Waals surface area contributed by atoms with Crippen LogP contribution in [0.1, 0.15) is 30.0 Å². The van der Waals surface area contributed by atoms with Gasteiger partial charge in [-0.1, -0.05) is 6.07 Å². The van der Waals surface area contributed by atoms with Gasteiger partial charge in [-0.2, -0.15) is 0 Å². The first-order valence-corrected chi connectivity index (χ1v) is 8.15. The monoisotopic (exact) mass is 341 g/mol. The van der Waals surface area contributed by atoms with E-state index >= 15 is 0 Å². The summed E-state index contributed by atoms with van der Waals surface area (Å²) < 4.78 is 10.6. The number of nitrogens with zero attached hydrogens (tertiary/aromatic N) is 1. The molecule has 1 spiro atoms. The lowest BCUT2D eigenvalue weighted by molar-refractivity contribution is -0.117. The van der Waals surface area contributed by atoms with Gasteiger partial charge in [0.1, 0.15) is 0 Å². The minimum absolute atomic E-state index is 0.0268. The van der Waals surface area contributed by atoms with Crippen molar-refractivity contribution in [3.63, 3.8) is 0 Å². The summed E-state index contributed by atoms with van der Waals surface area (Å²) in [7, 11) is 4.83. The third-order valence-corrected chi connectivity index (χ3v) is 5.66. The molecule has 2 atom stereocenters. The van der Waals surface area contributed by atoms with Crippen LogP contribution in [0.2, 0.25) is 0 Å². The second-order valence-corrected chi connectivity index (χ2v) is 6.64. The van der Waals surface area contributed by atoms with Crippen molar-refractivity contribution in [3.8, 4) is 5.75 Å². The third-order valence-electron chi connectivity index (χ3n) is 5.66. The van der Waals surface area contributed by atoms with Crippen LogP contribution in [0.3, 0.4) is 0 Å². The number of hydrogen-bond donors (Lipinski definition) is 1. The summed E-state index contributed by atoms with van der Waals surface area (Å²) in [5.74, 6) is -0.444. The number of Topliss-reactive ketones (excluding diaryl/α,β-unsaturated/α-hetero) is 1. The summed E-state index contributed by atoms with van der Waals surface area (Å²) >= 11 is 0. The number of methoxy groups -OCH3 is 2. The number of fused-ring (bicyclic) bond motifs is 4. The van der Waals surface area contributed by atoms with Gasteiger partial charge < -0.3 is 14.6 Å². The van der Waals surface area contributed by atoms with Crippen LogP contribution < -0.4 is 10.2 Å². The van der Waals surface area contributed by atoms with Gasteiger partial charge in [-0.15, -0.1) is 0 Å². The van der Waals surface area contributed by atoms with Gasteiger partial charge in [-0.25, -0.2) is 0 Å². The van der Waals surface area contributed by atoms with E-state index in [4.69, 9.17) is 9.47 Å². The van der Waals surface area contributed by atoms with Gasteiger partial charge in [-0.3, -0.25) is 14.5 Å². The van der Waals surface area contributed by atoms with Crippen molar-refractivity contribution < 1.29 is 19.4 Å². The lowest BCUT2D eigenvalue weighted by Gasteiger charge is -2.45. The fourth-order valence-corrected chi connectivity index (χ4v) is 4.48. The van der Waals surface area contributed by atoms with E-state index < -0.39 is 11.3 Å². The maximum atomic E-state index is 12.5. The summed E-state index contributed by atoms with van der Waals surface area (Å²) in [6.07, 6.45) is 3.17. The number of ether oxygens (including phenoxy) is 2. The smallest absolute Gasteiger partial charge is 0.261 e. The molecule has 1 fully saturated rings. The van der Waals surface area contributed by atoms with Crippen LogP contribution in [-0.2, 0) is 9.53 Å².